The number of halogens is 1. The highest BCUT2D eigenvalue weighted by Gasteiger charge is 2.31. The Labute approximate surface area is 114 Å². The highest BCUT2D eigenvalue weighted by molar-refractivity contribution is 6.33. The Hall–Kier alpha value is -1.82. The first-order chi connectivity index (χ1) is 8.99. The van der Waals surface area contributed by atoms with Crippen LogP contribution >= 0.6 is 11.6 Å². The molecule has 6 nitrogen and oxygen atoms in total. The molecule has 0 aliphatic heterocycles. The van der Waals surface area contributed by atoms with E-state index in [0.29, 0.717) is 24.9 Å². The van der Waals surface area contributed by atoms with Gasteiger partial charge < -0.3 is 10.4 Å². The molecule has 19 heavy (non-hydrogen) atoms. The summed E-state index contributed by atoms with van der Waals surface area (Å²) in [6.07, 6.45) is 1.74. The highest BCUT2D eigenvalue weighted by atomic mass is 35.5. The van der Waals surface area contributed by atoms with Gasteiger partial charge in [0.1, 0.15) is 10.7 Å². The van der Waals surface area contributed by atoms with Crippen LogP contribution in [0.4, 0.5) is 11.4 Å². The van der Waals surface area contributed by atoms with Gasteiger partial charge in [-0.3, -0.25) is 14.9 Å². The maximum absolute atomic E-state index is 11.0. The average molecular weight is 285 g/mol. The van der Waals surface area contributed by atoms with E-state index in [1.165, 1.54) is 6.07 Å². The van der Waals surface area contributed by atoms with Crippen molar-refractivity contribution in [2.75, 3.05) is 5.32 Å². The molecule has 0 amide bonds. The Morgan fingerprint density at radius 2 is 2.21 bits per heavy atom. The maximum Gasteiger partial charge on any atom is 0.310 e. The number of aliphatic carboxylic acids is 1. The smallest absolute Gasteiger partial charge is 0.310 e. The number of carbonyl (C=O) groups is 1. The third kappa shape index (κ3) is 2.96. The number of hydrogen-bond donors (Lipinski definition) is 2. The van der Waals surface area contributed by atoms with Gasteiger partial charge in [-0.2, -0.15) is 0 Å². The van der Waals surface area contributed by atoms with Crippen LogP contribution in [0.25, 0.3) is 0 Å². The molecule has 1 aliphatic carbocycles. The number of carboxylic acid groups (broad SMARTS) is 1. The lowest BCUT2D eigenvalue weighted by molar-refractivity contribution is -0.383. The van der Waals surface area contributed by atoms with Gasteiger partial charge in [0.15, 0.2) is 0 Å². The van der Waals surface area contributed by atoms with E-state index in [-0.39, 0.29) is 22.7 Å². The van der Waals surface area contributed by atoms with Crippen molar-refractivity contribution in [2.45, 2.75) is 25.3 Å². The van der Waals surface area contributed by atoms with Gasteiger partial charge in [0, 0.05) is 6.04 Å². The Bertz CT molecular complexity index is 520. The number of rotatable bonds is 4. The quantitative estimate of drug-likeness (QED) is 0.655. The number of carboxylic acids is 1. The van der Waals surface area contributed by atoms with Crippen molar-refractivity contribution in [1.29, 1.82) is 0 Å². The van der Waals surface area contributed by atoms with E-state index in [1.807, 2.05) is 0 Å². The van der Waals surface area contributed by atoms with Crippen LogP contribution in [-0.2, 0) is 4.79 Å². The van der Waals surface area contributed by atoms with Crippen LogP contribution < -0.4 is 5.32 Å². The fourth-order valence-corrected chi connectivity index (χ4v) is 2.62. The van der Waals surface area contributed by atoms with Crippen LogP contribution in [-0.4, -0.2) is 22.0 Å². The zero-order valence-corrected chi connectivity index (χ0v) is 10.8. The molecule has 2 rings (SSSR count). The molecule has 7 heteroatoms. The molecule has 2 unspecified atom stereocenters. The number of nitro groups is 1. The lowest BCUT2D eigenvalue weighted by Gasteiger charge is -2.14. The molecule has 0 radical (unpaired) electrons. The monoisotopic (exact) mass is 284 g/mol. The number of nitrogens with zero attached hydrogens (tertiary/aromatic N) is 1. The van der Waals surface area contributed by atoms with E-state index in [0.717, 1.165) is 0 Å². The zero-order valence-electron chi connectivity index (χ0n) is 10.0. The number of nitrogens with one attached hydrogen (secondary N) is 1. The molecule has 1 aromatic carbocycles. The van der Waals surface area contributed by atoms with Crippen LogP contribution in [0.15, 0.2) is 18.2 Å². The Kier molecular flexibility index (Phi) is 3.90. The summed E-state index contributed by atoms with van der Waals surface area (Å²) in [6, 6.07) is 4.59. The lowest BCUT2D eigenvalue weighted by Crippen LogP contribution is -2.18. The molecule has 2 N–H and O–H groups in total. The number of para-hydroxylation sites is 1. The van der Waals surface area contributed by atoms with Crippen molar-refractivity contribution < 1.29 is 14.8 Å². The predicted molar refractivity (Wildman–Crippen MR) is 70.5 cm³/mol. The zero-order chi connectivity index (χ0) is 14.0. The number of nitro benzene ring substituents is 1. The van der Waals surface area contributed by atoms with Crippen LogP contribution in [0.1, 0.15) is 19.3 Å². The molecule has 0 spiro atoms. The van der Waals surface area contributed by atoms with E-state index in [2.05, 4.69) is 5.32 Å². The molecule has 0 bridgehead atoms. The molecule has 1 saturated carbocycles. The van der Waals surface area contributed by atoms with E-state index < -0.39 is 10.9 Å². The lowest BCUT2D eigenvalue weighted by atomic mass is 10.1. The number of anilines is 1. The first-order valence-corrected chi connectivity index (χ1v) is 6.29. The minimum atomic E-state index is -0.815. The van der Waals surface area contributed by atoms with Crippen LogP contribution in [0.3, 0.4) is 0 Å². The van der Waals surface area contributed by atoms with E-state index in [1.54, 1.807) is 12.1 Å². The molecule has 0 heterocycles. The molecule has 1 aliphatic rings. The Balaban J connectivity index is 2.14. The Morgan fingerprint density at radius 3 is 2.79 bits per heavy atom. The SMILES string of the molecule is O=C(O)C1CCC(Nc2cccc(Cl)c2[N+](=O)[O-])C1. The van der Waals surface area contributed by atoms with Gasteiger partial charge in [0.25, 0.3) is 0 Å². The van der Waals surface area contributed by atoms with Crippen molar-refractivity contribution in [3.63, 3.8) is 0 Å². The summed E-state index contributed by atoms with van der Waals surface area (Å²) < 4.78 is 0. The fraction of sp³-hybridized carbons (Fsp3) is 0.417. The number of benzene rings is 1. The van der Waals surface area contributed by atoms with E-state index in [9.17, 15) is 14.9 Å². The first-order valence-electron chi connectivity index (χ1n) is 5.91. The minimum absolute atomic E-state index is 0.0710. The third-order valence-corrected chi connectivity index (χ3v) is 3.62. The van der Waals surface area contributed by atoms with Crippen molar-refractivity contribution in [1.82, 2.24) is 0 Å². The van der Waals surface area contributed by atoms with Gasteiger partial charge in [-0.05, 0) is 31.4 Å². The largest absolute Gasteiger partial charge is 0.481 e. The van der Waals surface area contributed by atoms with Gasteiger partial charge in [-0.25, -0.2) is 0 Å². The highest BCUT2D eigenvalue weighted by Crippen LogP contribution is 2.35. The summed E-state index contributed by atoms with van der Waals surface area (Å²) in [6.45, 7) is 0. The van der Waals surface area contributed by atoms with Crippen molar-refractivity contribution in [3.05, 3.63) is 33.3 Å². The average Bonchev–Trinajstić information content (AvgIpc) is 2.77. The van der Waals surface area contributed by atoms with Crippen LogP contribution in [0, 0.1) is 16.0 Å². The summed E-state index contributed by atoms with van der Waals surface area (Å²) in [5.74, 6) is -1.19. The summed E-state index contributed by atoms with van der Waals surface area (Å²) in [4.78, 5) is 21.3. The van der Waals surface area contributed by atoms with Gasteiger partial charge in [0.05, 0.1) is 10.8 Å². The van der Waals surface area contributed by atoms with E-state index >= 15 is 0 Å². The third-order valence-electron chi connectivity index (χ3n) is 3.31. The van der Waals surface area contributed by atoms with Crippen molar-refractivity contribution in [3.8, 4) is 0 Å². The molecule has 1 aromatic rings. The second kappa shape index (κ2) is 5.44. The summed E-state index contributed by atoms with van der Waals surface area (Å²) in [7, 11) is 0. The minimum Gasteiger partial charge on any atom is -0.481 e. The van der Waals surface area contributed by atoms with Crippen molar-refractivity contribution >= 4 is 28.9 Å². The van der Waals surface area contributed by atoms with Gasteiger partial charge in [-0.1, -0.05) is 17.7 Å². The molecular weight excluding hydrogens is 272 g/mol. The Morgan fingerprint density at radius 1 is 1.47 bits per heavy atom. The normalized spacial score (nSPS) is 22.2. The summed E-state index contributed by atoms with van der Waals surface area (Å²) in [5.41, 5.74) is 0.177. The molecule has 2 atom stereocenters. The van der Waals surface area contributed by atoms with E-state index in [4.69, 9.17) is 16.7 Å². The molecular formula is C12H13ClN2O4. The standard InChI is InChI=1S/C12H13ClN2O4/c13-9-2-1-3-10(11(9)15(18)19)14-8-5-4-7(6-8)12(16)17/h1-3,7-8,14H,4-6H2,(H,16,17). The molecule has 0 saturated heterocycles. The predicted octanol–water partition coefficient (Wildman–Crippen LogP) is 2.91. The van der Waals surface area contributed by atoms with Crippen LogP contribution in [0.5, 0.6) is 0 Å². The molecule has 0 aromatic heterocycles. The topological polar surface area (TPSA) is 92.5 Å². The summed E-state index contributed by atoms with van der Waals surface area (Å²) >= 11 is 5.81. The first kappa shape index (κ1) is 13.6. The second-order valence-electron chi connectivity index (χ2n) is 4.58. The van der Waals surface area contributed by atoms with Gasteiger partial charge >= 0.3 is 11.7 Å². The molecule has 1 fully saturated rings. The molecule has 102 valence electrons. The van der Waals surface area contributed by atoms with Crippen LogP contribution in [0.2, 0.25) is 5.02 Å². The second-order valence-corrected chi connectivity index (χ2v) is 4.99. The van der Waals surface area contributed by atoms with Gasteiger partial charge in [-0.15, -0.1) is 0 Å². The van der Waals surface area contributed by atoms with Gasteiger partial charge in [0.2, 0.25) is 0 Å². The maximum atomic E-state index is 11.0. The van der Waals surface area contributed by atoms with Crippen molar-refractivity contribution in [2.24, 2.45) is 5.92 Å². The number of hydrogen-bond acceptors (Lipinski definition) is 4. The summed E-state index contributed by atoms with van der Waals surface area (Å²) in [5, 5.41) is 23.0. The fourth-order valence-electron chi connectivity index (χ4n) is 2.37.